The molecule has 0 N–H and O–H groups in total. The molecule has 9 heteroatoms. The molecule has 1 aromatic heterocycles. The number of benzene rings is 2. The van der Waals surface area contributed by atoms with Gasteiger partial charge in [-0.2, -0.15) is 0 Å². The normalized spacial score (nSPS) is 16.3. The summed E-state index contributed by atoms with van der Waals surface area (Å²) in [7, 11) is 3.91. The minimum atomic E-state index is -0.552. The van der Waals surface area contributed by atoms with Crippen molar-refractivity contribution in [3.8, 4) is 0 Å². The molecule has 32 heavy (non-hydrogen) atoms. The fourth-order valence-corrected chi connectivity index (χ4v) is 4.84. The Kier molecular flexibility index (Phi) is 6.48. The molecule has 0 spiro atoms. The summed E-state index contributed by atoms with van der Waals surface area (Å²) in [5.41, 5.74) is 0.807. The highest BCUT2D eigenvalue weighted by Crippen LogP contribution is 2.33. The van der Waals surface area contributed by atoms with Gasteiger partial charge in [0.1, 0.15) is 17.2 Å². The molecule has 1 saturated heterocycles. The highest BCUT2D eigenvalue weighted by Gasteiger charge is 2.38. The molecule has 4 rings (SSSR count). The minimum Gasteiger partial charge on any atom is -0.312 e. The third kappa shape index (κ3) is 4.63. The monoisotopic (exact) mass is 458 g/mol. The van der Waals surface area contributed by atoms with Gasteiger partial charge in [-0.3, -0.25) is 14.5 Å². The standard InChI is InChI=1S/C23H24F2N4O2S/c1-27(2)11-4-12-28(23-26-21-18(25)5-3-6-19(21)32-23)22(31)15-13-20(30)29(14-15)17-9-7-16(24)8-10-17/h3,5-10,15H,4,11-14H2,1-2H3. The fraction of sp³-hybridized carbons (Fsp3) is 0.348. The molecule has 2 amide bonds. The Bertz CT molecular complexity index is 1130. The second kappa shape index (κ2) is 9.30. The van der Waals surface area contributed by atoms with E-state index in [1.807, 2.05) is 19.0 Å². The second-order valence-corrected chi connectivity index (χ2v) is 9.12. The molecule has 1 aliphatic heterocycles. The number of nitrogens with zero attached hydrogens (tertiary/aromatic N) is 4. The maximum Gasteiger partial charge on any atom is 0.234 e. The topological polar surface area (TPSA) is 56.8 Å². The first kappa shape index (κ1) is 22.3. The third-order valence-corrected chi connectivity index (χ3v) is 6.50. The Balaban J connectivity index is 1.58. The van der Waals surface area contributed by atoms with Crippen molar-refractivity contribution in [3.63, 3.8) is 0 Å². The molecule has 0 bridgehead atoms. The summed E-state index contributed by atoms with van der Waals surface area (Å²) >= 11 is 1.27. The highest BCUT2D eigenvalue weighted by molar-refractivity contribution is 7.22. The van der Waals surface area contributed by atoms with Crippen molar-refractivity contribution in [2.45, 2.75) is 12.8 Å². The van der Waals surface area contributed by atoms with E-state index in [0.29, 0.717) is 28.5 Å². The molecule has 1 fully saturated rings. The summed E-state index contributed by atoms with van der Waals surface area (Å²) in [5.74, 6) is -1.75. The van der Waals surface area contributed by atoms with Crippen molar-refractivity contribution in [3.05, 3.63) is 54.1 Å². The van der Waals surface area contributed by atoms with Crippen LogP contribution in [0.3, 0.4) is 0 Å². The Labute approximate surface area is 189 Å². The number of carbonyl (C=O) groups is 2. The number of anilines is 2. The van der Waals surface area contributed by atoms with E-state index in [0.717, 1.165) is 6.54 Å². The number of fused-ring (bicyclic) bond motifs is 1. The van der Waals surface area contributed by atoms with E-state index >= 15 is 0 Å². The molecule has 1 atom stereocenters. The van der Waals surface area contributed by atoms with Crippen LogP contribution in [0.2, 0.25) is 0 Å². The summed E-state index contributed by atoms with van der Waals surface area (Å²) < 4.78 is 28.1. The molecule has 1 aliphatic rings. The summed E-state index contributed by atoms with van der Waals surface area (Å²) in [6.07, 6.45) is 0.777. The number of rotatable bonds is 7. The van der Waals surface area contributed by atoms with Gasteiger partial charge in [-0.1, -0.05) is 17.4 Å². The largest absolute Gasteiger partial charge is 0.312 e. The Morgan fingerprint density at radius 1 is 1.16 bits per heavy atom. The molecule has 0 saturated carbocycles. The van der Waals surface area contributed by atoms with Crippen molar-refractivity contribution in [2.24, 2.45) is 5.92 Å². The lowest BCUT2D eigenvalue weighted by atomic mass is 10.1. The van der Waals surface area contributed by atoms with E-state index in [-0.39, 0.29) is 36.1 Å². The third-order valence-electron chi connectivity index (χ3n) is 5.46. The predicted molar refractivity (Wildman–Crippen MR) is 122 cm³/mol. The Morgan fingerprint density at radius 3 is 2.59 bits per heavy atom. The highest BCUT2D eigenvalue weighted by atomic mass is 32.1. The minimum absolute atomic E-state index is 0.0691. The molecule has 2 aromatic carbocycles. The molecule has 6 nitrogen and oxygen atoms in total. The molecular weight excluding hydrogens is 434 g/mol. The van der Waals surface area contributed by atoms with Crippen molar-refractivity contribution in [1.82, 2.24) is 9.88 Å². The van der Waals surface area contributed by atoms with Crippen LogP contribution in [0.4, 0.5) is 19.6 Å². The predicted octanol–water partition coefficient (Wildman–Crippen LogP) is 3.91. The molecule has 0 radical (unpaired) electrons. The van der Waals surface area contributed by atoms with Gasteiger partial charge in [-0.05, 0) is 63.5 Å². The SMILES string of the molecule is CN(C)CCCN(C(=O)C1CC(=O)N(c2ccc(F)cc2)C1)c1nc2c(F)cccc2s1. The first-order chi connectivity index (χ1) is 15.3. The van der Waals surface area contributed by atoms with Gasteiger partial charge < -0.3 is 9.80 Å². The van der Waals surface area contributed by atoms with Crippen LogP contribution in [0, 0.1) is 17.6 Å². The van der Waals surface area contributed by atoms with Gasteiger partial charge in [-0.25, -0.2) is 13.8 Å². The van der Waals surface area contributed by atoms with Gasteiger partial charge in [0.15, 0.2) is 5.13 Å². The molecule has 2 heterocycles. The van der Waals surface area contributed by atoms with E-state index < -0.39 is 11.7 Å². The van der Waals surface area contributed by atoms with E-state index in [9.17, 15) is 18.4 Å². The van der Waals surface area contributed by atoms with Crippen LogP contribution < -0.4 is 9.80 Å². The van der Waals surface area contributed by atoms with Gasteiger partial charge in [-0.15, -0.1) is 0 Å². The van der Waals surface area contributed by atoms with E-state index in [2.05, 4.69) is 4.98 Å². The zero-order chi connectivity index (χ0) is 22.8. The van der Waals surface area contributed by atoms with Crippen LogP contribution in [0.15, 0.2) is 42.5 Å². The number of halogens is 2. The lowest BCUT2D eigenvalue weighted by molar-refractivity contribution is -0.124. The number of para-hydroxylation sites is 1. The summed E-state index contributed by atoms with van der Waals surface area (Å²) in [5, 5.41) is 0.432. The van der Waals surface area contributed by atoms with Crippen LogP contribution in [-0.4, -0.2) is 55.4 Å². The number of thiazole rings is 1. The van der Waals surface area contributed by atoms with Crippen molar-refractivity contribution >= 4 is 44.2 Å². The van der Waals surface area contributed by atoms with E-state index in [1.165, 1.54) is 46.6 Å². The van der Waals surface area contributed by atoms with Gasteiger partial charge in [0, 0.05) is 25.2 Å². The molecule has 1 unspecified atom stereocenters. The maximum atomic E-state index is 14.2. The van der Waals surface area contributed by atoms with Gasteiger partial charge in [0.2, 0.25) is 11.8 Å². The average Bonchev–Trinajstić information content (AvgIpc) is 3.36. The van der Waals surface area contributed by atoms with Crippen LogP contribution in [-0.2, 0) is 9.59 Å². The van der Waals surface area contributed by atoms with Gasteiger partial charge in [0.05, 0.1) is 10.6 Å². The molecular formula is C23H24F2N4O2S. The summed E-state index contributed by atoms with van der Waals surface area (Å²) in [6, 6.07) is 10.4. The average molecular weight is 459 g/mol. The van der Waals surface area contributed by atoms with Crippen molar-refractivity contribution < 1.29 is 18.4 Å². The molecule has 3 aromatic rings. The van der Waals surface area contributed by atoms with E-state index in [1.54, 1.807) is 17.0 Å². The molecule has 168 valence electrons. The number of aromatic nitrogens is 1. The van der Waals surface area contributed by atoms with Crippen LogP contribution in [0.5, 0.6) is 0 Å². The van der Waals surface area contributed by atoms with Crippen LogP contribution >= 0.6 is 11.3 Å². The fourth-order valence-electron chi connectivity index (χ4n) is 3.83. The number of carbonyl (C=O) groups excluding carboxylic acids is 2. The Morgan fingerprint density at radius 2 is 1.91 bits per heavy atom. The van der Waals surface area contributed by atoms with Gasteiger partial charge >= 0.3 is 0 Å². The van der Waals surface area contributed by atoms with Crippen LogP contribution in [0.1, 0.15) is 12.8 Å². The summed E-state index contributed by atoms with van der Waals surface area (Å²) in [6.45, 7) is 1.40. The number of amides is 2. The maximum absolute atomic E-state index is 14.2. The molecule has 0 aliphatic carbocycles. The first-order valence-electron chi connectivity index (χ1n) is 10.4. The number of hydrogen-bond donors (Lipinski definition) is 0. The quantitative estimate of drug-likeness (QED) is 0.539. The first-order valence-corrected chi connectivity index (χ1v) is 11.2. The zero-order valence-corrected chi connectivity index (χ0v) is 18.7. The summed E-state index contributed by atoms with van der Waals surface area (Å²) in [4.78, 5) is 35.6. The second-order valence-electron chi connectivity index (χ2n) is 8.11. The van der Waals surface area contributed by atoms with Crippen molar-refractivity contribution in [2.75, 3.05) is 43.5 Å². The lowest BCUT2D eigenvalue weighted by Crippen LogP contribution is -2.39. The number of hydrogen-bond acceptors (Lipinski definition) is 5. The van der Waals surface area contributed by atoms with Crippen molar-refractivity contribution in [1.29, 1.82) is 0 Å². The van der Waals surface area contributed by atoms with E-state index in [4.69, 9.17) is 0 Å². The van der Waals surface area contributed by atoms with Crippen LogP contribution in [0.25, 0.3) is 10.2 Å². The smallest absolute Gasteiger partial charge is 0.234 e. The zero-order valence-electron chi connectivity index (χ0n) is 17.9. The van der Waals surface area contributed by atoms with Gasteiger partial charge in [0.25, 0.3) is 0 Å². The Hall–Kier alpha value is -2.91. The lowest BCUT2D eigenvalue weighted by Gasteiger charge is -2.24.